The van der Waals surface area contributed by atoms with E-state index in [0.29, 0.717) is 31.7 Å². The summed E-state index contributed by atoms with van der Waals surface area (Å²) in [6.07, 6.45) is 3.25. The minimum Gasteiger partial charge on any atom is -0.368 e. The molecule has 1 aromatic carbocycles. The normalized spacial score (nSPS) is 28.9. The van der Waals surface area contributed by atoms with E-state index in [9.17, 15) is 19.2 Å². The number of primary amides is 1. The monoisotopic (exact) mass is 413 g/mol. The minimum absolute atomic E-state index is 0.150. The van der Waals surface area contributed by atoms with Crippen LogP contribution in [-0.4, -0.2) is 51.8 Å². The summed E-state index contributed by atoms with van der Waals surface area (Å²) in [7, 11) is 0. The van der Waals surface area contributed by atoms with Gasteiger partial charge in [-0.25, -0.2) is 4.79 Å². The lowest BCUT2D eigenvalue weighted by atomic mass is 9.77. The van der Waals surface area contributed by atoms with Crippen LogP contribution in [0.1, 0.15) is 43.7 Å². The molecule has 9 nitrogen and oxygen atoms in total. The molecule has 9 heteroatoms. The van der Waals surface area contributed by atoms with Gasteiger partial charge in [0.15, 0.2) is 0 Å². The first kappa shape index (κ1) is 20.3. The molecule has 160 valence electrons. The third kappa shape index (κ3) is 3.65. The van der Waals surface area contributed by atoms with Crippen molar-refractivity contribution in [3.63, 3.8) is 0 Å². The Morgan fingerprint density at radius 1 is 1.20 bits per heavy atom. The first-order valence-corrected chi connectivity index (χ1v) is 10.4. The molecule has 0 bridgehead atoms. The van der Waals surface area contributed by atoms with Gasteiger partial charge in [0, 0.05) is 6.54 Å². The van der Waals surface area contributed by atoms with Crippen molar-refractivity contribution in [3.05, 3.63) is 35.4 Å². The van der Waals surface area contributed by atoms with Crippen LogP contribution in [0.15, 0.2) is 24.3 Å². The van der Waals surface area contributed by atoms with Crippen molar-refractivity contribution in [3.8, 4) is 0 Å². The van der Waals surface area contributed by atoms with E-state index in [1.807, 2.05) is 24.3 Å². The quantitative estimate of drug-likeness (QED) is 0.618. The van der Waals surface area contributed by atoms with E-state index in [-0.39, 0.29) is 6.54 Å². The number of fused-ring (bicyclic) bond motifs is 1. The number of imide groups is 1. The lowest BCUT2D eigenvalue weighted by molar-refractivity contribution is -0.141. The molecule has 30 heavy (non-hydrogen) atoms. The second-order valence-electron chi connectivity index (χ2n) is 8.67. The highest BCUT2D eigenvalue weighted by atomic mass is 16.2. The highest BCUT2D eigenvalue weighted by Crippen LogP contribution is 2.35. The maximum Gasteiger partial charge on any atom is 0.344 e. The van der Waals surface area contributed by atoms with Gasteiger partial charge in [-0.2, -0.15) is 5.01 Å². The van der Waals surface area contributed by atoms with Crippen LogP contribution in [0.5, 0.6) is 0 Å². The van der Waals surface area contributed by atoms with Crippen molar-refractivity contribution in [2.75, 3.05) is 6.54 Å². The predicted molar refractivity (Wildman–Crippen MR) is 107 cm³/mol. The van der Waals surface area contributed by atoms with E-state index in [4.69, 9.17) is 5.73 Å². The minimum atomic E-state index is -0.920. The second kappa shape index (κ2) is 7.71. The van der Waals surface area contributed by atoms with Crippen LogP contribution in [-0.2, 0) is 27.3 Å². The molecule has 1 saturated carbocycles. The fourth-order valence-electron chi connectivity index (χ4n) is 4.68. The molecular formula is C21H27N5O4. The van der Waals surface area contributed by atoms with Crippen LogP contribution in [0.2, 0.25) is 0 Å². The Bertz CT molecular complexity index is 893. The zero-order valence-electron chi connectivity index (χ0n) is 17.0. The molecule has 1 spiro atoms. The van der Waals surface area contributed by atoms with Crippen LogP contribution in [0.4, 0.5) is 4.79 Å². The van der Waals surface area contributed by atoms with Gasteiger partial charge >= 0.3 is 6.03 Å². The number of amides is 5. The molecule has 1 saturated heterocycles. The number of hydrazine groups is 1. The average molecular weight is 413 g/mol. The van der Waals surface area contributed by atoms with E-state index >= 15 is 0 Å². The molecule has 4 N–H and O–H groups in total. The highest BCUT2D eigenvalue weighted by molar-refractivity contribution is 6.08. The summed E-state index contributed by atoms with van der Waals surface area (Å²) >= 11 is 0. The molecule has 2 heterocycles. The molecular weight excluding hydrogens is 386 g/mol. The Morgan fingerprint density at radius 2 is 1.87 bits per heavy atom. The number of benzene rings is 1. The second-order valence-corrected chi connectivity index (χ2v) is 8.67. The SMILES string of the molecule is CC1CCC2(CC1)NC(=O)N(NC(=O)CN1Cc3ccccc3CC1C(N)=O)C2=O. The number of hydrogen-bond donors (Lipinski definition) is 3. The zero-order valence-corrected chi connectivity index (χ0v) is 17.0. The number of nitrogens with zero attached hydrogens (tertiary/aromatic N) is 2. The molecule has 3 aliphatic rings. The topological polar surface area (TPSA) is 125 Å². The van der Waals surface area contributed by atoms with Gasteiger partial charge in [-0.05, 0) is 49.1 Å². The van der Waals surface area contributed by atoms with Crippen LogP contribution in [0.3, 0.4) is 0 Å². The number of nitrogens with two attached hydrogens (primary N) is 1. The van der Waals surface area contributed by atoms with Gasteiger partial charge in [0.2, 0.25) is 5.91 Å². The van der Waals surface area contributed by atoms with Gasteiger partial charge in [0.05, 0.1) is 12.6 Å². The molecule has 0 aromatic heterocycles. The molecule has 4 rings (SSSR count). The van der Waals surface area contributed by atoms with Crippen LogP contribution >= 0.6 is 0 Å². The van der Waals surface area contributed by atoms with E-state index in [0.717, 1.165) is 29.0 Å². The number of rotatable bonds is 4. The first-order chi connectivity index (χ1) is 14.3. The van der Waals surface area contributed by atoms with Crippen LogP contribution in [0.25, 0.3) is 0 Å². The lowest BCUT2D eigenvalue weighted by Gasteiger charge is -2.35. The summed E-state index contributed by atoms with van der Waals surface area (Å²) < 4.78 is 0. The third-order valence-corrected chi connectivity index (χ3v) is 6.55. The lowest BCUT2D eigenvalue weighted by Crippen LogP contribution is -2.55. The van der Waals surface area contributed by atoms with E-state index in [1.54, 1.807) is 4.90 Å². The average Bonchev–Trinajstić information content (AvgIpc) is 2.94. The number of hydrogen-bond acceptors (Lipinski definition) is 5. The van der Waals surface area contributed by atoms with Gasteiger partial charge in [-0.1, -0.05) is 31.2 Å². The Balaban J connectivity index is 1.43. The van der Waals surface area contributed by atoms with E-state index < -0.39 is 35.3 Å². The van der Waals surface area contributed by atoms with Crippen LogP contribution in [0, 0.1) is 5.92 Å². The maximum absolute atomic E-state index is 12.9. The molecule has 2 aliphatic heterocycles. The molecule has 2 fully saturated rings. The number of urea groups is 1. The number of carbonyl (C=O) groups excluding carboxylic acids is 4. The van der Waals surface area contributed by atoms with Gasteiger partial charge in [0.1, 0.15) is 5.54 Å². The van der Waals surface area contributed by atoms with Crippen molar-refractivity contribution in [2.24, 2.45) is 11.7 Å². The summed E-state index contributed by atoms with van der Waals surface area (Å²) in [5.41, 5.74) is 9.12. The van der Waals surface area contributed by atoms with Crippen molar-refractivity contribution in [1.82, 2.24) is 20.7 Å². The van der Waals surface area contributed by atoms with Crippen molar-refractivity contribution in [1.29, 1.82) is 0 Å². The van der Waals surface area contributed by atoms with E-state index in [1.165, 1.54) is 0 Å². The van der Waals surface area contributed by atoms with Crippen LogP contribution < -0.4 is 16.5 Å². The molecule has 0 radical (unpaired) electrons. The molecule has 1 unspecified atom stereocenters. The van der Waals surface area contributed by atoms with Crippen molar-refractivity contribution >= 4 is 23.8 Å². The highest BCUT2D eigenvalue weighted by Gasteiger charge is 2.53. The number of carbonyl (C=O) groups is 4. The maximum atomic E-state index is 12.9. The van der Waals surface area contributed by atoms with Gasteiger partial charge in [-0.3, -0.25) is 24.7 Å². The fourth-order valence-corrected chi connectivity index (χ4v) is 4.68. The summed E-state index contributed by atoms with van der Waals surface area (Å²) in [4.78, 5) is 51.6. The largest absolute Gasteiger partial charge is 0.368 e. The van der Waals surface area contributed by atoms with Crippen molar-refractivity contribution < 1.29 is 19.2 Å². The van der Waals surface area contributed by atoms with Crippen molar-refractivity contribution in [2.45, 2.75) is 57.2 Å². The first-order valence-electron chi connectivity index (χ1n) is 10.4. The Hall–Kier alpha value is -2.94. The fraction of sp³-hybridized carbons (Fsp3) is 0.524. The third-order valence-electron chi connectivity index (χ3n) is 6.55. The molecule has 1 aliphatic carbocycles. The smallest absolute Gasteiger partial charge is 0.344 e. The predicted octanol–water partition coefficient (Wildman–Crippen LogP) is 0.431. The van der Waals surface area contributed by atoms with Gasteiger partial charge in [-0.15, -0.1) is 0 Å². The molecule has 1 aromatic rings. The summed E-state index contributed by atoms with van der Waals surface area (Å²) in [5, 5.41) is 3.56. The van der Waals surface area contributed by atoms with E-state index in [2.05, 4.69) is 17.7 Å². The Labute approximate surface area is 174 Å². The summed E-state index contributed by atoms with van der Waals surface area (Å²) in [6, 6.07) is 6.46. The standard InChI is InChI=1S/C21H27N5O4/c1-13-6-8-21(9-7-13)19(29)26(20(30)23-21)24-17(27)12-25-11-15-5-3-2-4-14(15)10-16(25)18(22)28/h2-5,13,16H,6-12H2,1H3,(H2,22,28)(H,23,30)(H,24,27). The summed E-state index contributed by atoms with van der Waals surface area (Å²) in [6.45, 7) is 2.36. The molecule has 1 atom stereocenters. The van der Waals surface area contributed by atoms with Gasteiger partial charge < -0.3 is 11.1 Å². The Morgan fingerprint density at radius 3 is 2.53 bits per heavy atom. The Kier molecular flexibility index (Phi) is 5.23. The number of nitrogens with one attached hydrogen (secondary N) is 2. The summed E-state index contributed by atoms with van der Waals surface area (Å²) in [5.74, 6) is -0.951. The van der Waals surface area contributed by atoms with Gasteiger partial charge in [0.25, 0.3) is 11.8 Å². The molecule has 5 amide bonds. The zero-order chi connectivity index (χ0) is 21.5.